The van der Waals surface area contributed by atoms with Gasteiger partial charge in [0.05, 0.1) is 12.2 Å². The van der Waals surface area contributed by atoms with Crippen LogP contribution in [0.15, 0.2) is 42.0 Å². The SMILES string of the molecule is C.CCCC(CCC)c1c2n(c3cc(C(=O)NS(=O)N(C)C)ccc13)CC(C(=O)N(C)[C@H](C)C(=O)N(C)C)=Cc1cc(CC)ccc1-2. The molecule has 0 bridgehead atoms. The fourth-order valence-corrected chi connectivity index (χ4v) is 6.85. The summed E-state index contributed by atoms with van der Waals surface area (Å²) in [5.74, 6) is -0.526. The van der Waals surface area contributed by atoms with Crippen LogP contribution in [0.4, 0.5) is 0 Å². The van der Waals surface area contributed by atoms with Crippen LogP contribution in [0, 0.1) is 0 Å². The number of aromatic nitrogens is 1. The van der Waals surface area contributed by atoms with Crippen molar-refractivity contribution in [3.63, 3.8) is 0 Å². The number of carbonyl (C=O) groups is 3. The topological polar surface area (TPSA) is 95.0 Å². The third-order valence-electron chi connectivity index (χ3n) is 8.97. The van der Waals surface area contributed by atoms with Crippen molar-refractivity contribution in [2.75, 3.05) is 35.2 Å². The molecule has 4 rings (SSSR count). The molecular weight excluding hydrogens is 611 g/mol. The van der Waals surface area contributed by atoms with E-state index < -0.39 is 23.1 Å². The highest BCUT2D eigenvalue weighted by Crippen LogP contribution is 2.45. The molecule has 2 aromatic carbocycles. The fourth-order valence-electron chi connectivity index (χ4n) is 6.39. The molecule has 1 aliphatic rings. The first-order chi connectivity index (χ1) is 21.8. The predicted octanol–water partition coefficient (Wildman–Crippen LogP) is 6.39. The normalized spacial score (nSPS) is 13.6. The van der Waals surface area contributed by atoms with Gasteiger partial charge in [0.15, 0.2) is 11.2 Å². The van der Waals surface area contributed by atoms with Gasteiger partial charge < -0.3 is 14.4 Å². The van der Waals surface area contributed by atoms with Gasteiger partial charge in [-0.05, 0) is 67.0 Å². The maximum atomic E-state index is 14.2. The van der Waals surface area contributed by atoms with Crippen LogP contribution in [-0.2, 0) is 33.7 Å². The molecule has 1 aliphatic heterocycles. The Morgan fingerprint density at radius 2 is 1.62 bits per heavy atom. The molecule has 2 heterocycles. The number of aryl methyl sites for hydroxylation is 1. The van der Waals surface area contributed by atoms with Gasteiger partial charge in [0, 0.05) is 62.8 Å². The molecule has 256 valence electrons. The third-order valence-corrected chi connectivity index (χ3v) is 10.00. The highest BCUT2D eigenvalue weighted by atomic mass is 32.2. The first-order valence-corrected chi connectivity index (χ1v) is 17.3. The molecule has 2 atom stereocenters. The van der Waals surface area contributed by atoms with Gasteiger partial charge in [-0.1, -0.05) is 65.3 Å². The van der Waals surface area contributed by atoms with Gasteiger partial charge in [0.25, 0.3) is 11.8 Å². The van der Waals surface area contributed by atoms with E-state index in [0.717, 1.165) is 59.8 Å². The first-order valence-electron chi connectivity index (χ1n) is 16.2. The molecule has 1 N–H and O–H groups in total. The van der Waals surface area contributed by atoms with Gasteiger partial charge in [-0.15, -0.1) is 0 Å². The number of hydrogen-bond acceptors (Lipinski definition) is 4. The average molecular weight is 664 g/mol. The van der Waals surface area contributed by atoms with Gasteiger partial charge in [-0.25, -0.2) is 8.51 Å². The number of fused-ring (bicyclic) bond motifs is 5. The Kier molecular flexibility index (Phi) is 12.7. The number of hydrogen-bond donors (Lipinski definition) is 1. The molecular formula is C37H53N5O4S. The van der Waals surface area contributed by atoms with E-state index in [1.165, 1.54) is 25.2 Å². The van der Waals surface area contributed by atoms with Crippen molar-refractivity contribution in [3.8, 4) is 11.3 Å². The van der Waals surface area contributed by atoms with Crippen molar-refractivity contribution in [3.05, 3.63) is 64.2 Å². The second-order valence-electron chi connectivity index (χ2n) is 12.6. The second kappa shape index (κ2) is 15.9. The summed E-state index contributed by atoms with van der Waals surface area (Å²) >= 11 is -1.67. The Balaban J connectivity index is 0.00000600. The quantitative estimate of drug-likeness (QED) is 0.243. The number of benzene rings is 2. The van der Waals surface area contributed by atoms with Crippen LogP contribution < -0.4 is 4.72 Å². The zero-order valence-corrected chi connectivity index (χ0v) is 29.6. The summed E-state index contributed by atoms with van der Waals surface area (Å²) in [5.41, 5.74) is 7.28. The summed E-state index contributed by atoms with van der Waals surface area (Å²) in [7, 11) is 8.33. The van der Waals surface area contributed by atoms with Gasteiger partial charge in [0.1, 0.15) is 6.04 Å². The van der Waals surface area contributed by atoms with Crippen LogP contribution in [-0.4, -0.2) is 81.9 Å². The Bertz CT molecular complexity index is 1680. The lowest BCUT2D eigenvalue weighted by molar-refractivity contribution is -0.140. The van der Waals surface area contributed by atoms with Crippen molar-refractivity contribution in [2.24, 2.45) is 0 Å². The summed E-state index contributed by atoms with van der Waals surface area (Å²) in [5, 5.41) is 1.05. The first kappa shape index (κ1) is 37.7. The molecule has 9 nitrogen and oxygen atoms in total. The minimum atomic E-state index is -1.67. The van der Waals surface area contributed by atoms with E-state index in [-0.39, 0.29) is 31.7 Å². The van der Waals surface area contributed by atoms with E-state index >= 15 is 0 Å². The van der Waals surface area contributed by atoms with E-state index in [4.69, 9.17) is 0 Å². The minimum Gasteiger partial charge on any atom is -0.347 e. The predicted molar refractivity (Wildman–Crippen MR) is 194 cm³/mol. The highest BCUT2D eigenvalue weighted by Gasteiger charge is 2.32. The van der Waals surface area contributed by atoms with Crippen LogP contribution in [0.25, 0.3) is 28.2 Å². The standard InChI is InChI=1S/C36H49N5O4S.CH4/c1-10-13-25(14-11-2)32-30-18-16-26(34(42)37-46(45)39(7)8)21-31(30)41-22-28(36(44)40(9)23(4)35(43)38(5)6)20-27-19-24(12-3)15-17-29(27)33(32)41;/h15-21,23,25H,10-14,22H2,1-9H3,(H,37,42);1H4/t23-,46?;/m1./s1. The molecule has 1 aromatic heterocycles. The third kappa shape index (κ3) is 7.70. The number of likely N-dealkylation sites (N-methyl/N-ethyl adjacent to an activating group) is 2. The van der Waals surface area contributed by atoms with Crippen LogP contribution >= 0.6 is 0 Å². The minimum absolute atomic E-state index is 0. The molecule has 0 aliphatic carbocycles. The number of nitrogens with one attached hydrogen (secondary N) is 1. The van der Waals surface area contributed by atoms with Crippen LogP contribution in [0.5, 0.6) is 0 Å². The summed E-state index contributed by atoms with van der Waals surface area (Å²) in [6.45, 7) is 8.55. The van der Waals surface area contributed by atoms with Crippen LogP contribution in [0.1, 0.15) is 93.8 Å². The maximum absolute atomic E-state index is 14.2. The molecule has 0 fully saturated rings. The zero-order valence-electron chi connectivity index (χ0n) is 28.8. The molecule has 1 unspecified atom stereocenters. The maximum Gasteiger partial charge on any atom is 0.264 e. The van der Waals surface area contributed by atoms with Crippen molar-refractivity contribution < 1.29 is 18.6 Å². The lowest BCUT2D eigenvalue weighted by atomic mass is 9.85. The van der Waals surface area contributed by atoms with E-state index in [2.05, 4.69) is 48.3 Å². The Morgan fingerprint density at radius 3 is 2.19 bits per heavy atom. The molecule has 0 saturated heterocycles. The lowest BCUT2D eigenvalue weighted by Gasteiger charge is -2.27. The largest absolute Gasteiger partial charge is 0.347 e. The lowest BCUT2D eigenvalue weighted by Crippen LogP contribution is -2.46. The molecule has 0 radical (unpaired) electrons. The number of rotatable bonds is 12. The van der Waals surface area contributed by atoms with Gasteiger partial charge in [-0.3, -0.25) is 19.1 Å². The van der Waals surface area contributed by atoms with Crippen molar-refractivity contribution in [1.82, 2.24) is 23.4 Å². The van der Waals surface area contributed by atoms with Crippen molar-refractivity contribution in [2.45, 2.75) is 85.7 Å². The van der Waals surface area contributed by atoms with Gasteiger partial charge in [0.2, 0.25) is 5.91 Å². The monoisotopic (exact) mass is 663 g/mol. The van der Waals surface area contributed by atoms with Crippen LogP contribution in [0.3, 0.4) is 0 Å². The number of carbonyl (C=O) groups excluding carboxylic acids is 3. The van der Waals surface area contributed by atoms with Crippen molar-refractivity contribution >= 4 is 45.9 Å². The van der Waals surface area contributed by atoms with E-state index in [1.54, 1.807) is 48.2 Å². The summed E-state index contributed by atoms with van der Waals surface area (Å²) in [6, 6.07) is 11.5. The molecule has 3 aromatic rings. The molecule has 3 amide bonds. The second-order valence-corrected chi connectivity index (χ2v) is 14.0. The smallest absolute Gasteiger partial charge is 0.264 e. The van der Waals surface area contributed by atoms with Gasteiger partial charge in [-0.2, -0.15) is 0 Å². The molecule has 0 spiro atoms. The Labute approximate surface area is 283 Å². The summed E-state index contributed by atoms with van der Waals surface area (Å²) < 4.78 is 18.6. The van der Waals surface area contributed by atoms with E-state index in [1.807, 2.05) is 18.2 Å². The summed E-state index contributed by atoms with van der Waals surface area (Å²) in [4.78, 5) is 43.3. The molecule has 47 heavy (non-hydrogen) atoms. The average Bonchev–Trinajstić information content (AvgIpc) is 3.24. The highest BCUT2D eigenvalue weighted by molar-refractivity contribution is 7.81. The zero-order chi connectivity index (χ0) is 33.9. The molecule has 10 heteroatoms. The number of nitrogens with zero attached hydrogens (tertiary/aromatic N) is 4. The van der Waals surface area contributed by atoms with E-state index in [0.29, 0.717) is 11.1 Å². The fraction of sp³-hybridized carbons (Fsp3) is 0.486. The molecule has 0 saturated carbocycles. The van der Waals surface area contributed by atoms with E-state index in [9.17, 15) is 18.6 Å². The van der Waals surface area contributed by atoms with Crippen molar-refractivity contribution in [1.29, 1.82) is 0 Å². The Morgan fingerprint density at radius 1 is 0.957 bits per heavy atom. The number of amides is 3. The van der Waals surface area contributed by atoms with Gasteiger partial charge >= 0.3 is 0 Å². The Hall–Kier alpha value is -3.76. The van der Waals surface area contributed by atoms with Crippen LogP contribution in [0.2, 0.25) is 0 Å². The summed E-state index contributed by atoms with van der Waals surface area (Å²) in [6.07, 6.45) is 6.92.